The van der Waals surface area contributed by atoms with E-state index in [9.17, 15) is 19.5 Å². The summed E-state index contributed by atoms with van der Waals surface area (Å²) in [6.07, 6.45) is -0.775. The smallest absolute Gasteiger partial charge is 0.408 e. The minimum Gasteiger partial charge on any atom is -0.479 e. The van der Waals surface area contributed by atoms with Crippen LogP contribution in [-0.2, 0) is 14.3 Å². The first-order valence-electron chi connectivity index (χ1n) is 8.80. The molecule has 3 N–H and O–H groups in total. The number of alkyl carbamates (subject to hydrolysis) is 1. The van der Waals surface area contributed by atoms with Gasteiger partial charge in [-0.25, -0.2) is 9.59 Å². The van der Waals surface area contributed by atoms with E-state index in [-0.39, 0.29) is 0 Å². The van der Waals surface area contributed by atoms with Crippen molar-refractivity contribution < 1.29 is 24.2 Å². The van der Waals surface area contributed by atoms with Crippen molar-refractivity contribution >= 4 is 18.0 Å². The first kappa shape index (κ1) is 21.0. The molecule has 0 radical (unpaired) electrons. The van der Waals surface area contributed by atoms with Crippen molar-refractivity contribution in [1.29, 1.82) is 0 Å². The van der Waals surface area contributed by atoms with Crippen LogP contribution in [0.5, 0.6) is 0 Å². The highest BCUT2D eigenvalue weighted by molar-refractivity contribution is 5.90. The largest absolute Gasteiger partial charge is 0.479 e. The second kappa shape index (κ2) is 9.03. The van der Waals surface area contributed by atoms with Crippen LogP contribution in [0.1, 0.15) is 44.0 Å². The van der Waals surface area contributed by atoms with E-state index in [2.05, 4.69) is 10.6 Å². The molecule has 0 bridgehead atoms. The average molecular weight is 384 g/mol. The summed E-state index contributed by atoms with van der Waals surface area (Å²) in [5.41, 5.74) is 0.186. The molecule has 148 valence electrons. The van der Waals surface area contributed by atoms with Gasteiger partial charge in [-0.15, -0.1) is 0 Å². The van der Waals surface area contributed by atoms with Crippen molar-refractivity contribution in [3.8, 4) is 0 Å². The van der Waals surface area contributed by atoms with Gasteiger partial charge >= 0.3 is 12.1 Å². The minimum absolute atomic E-state index is 0.424. The molecule has 0 saturated heterocycles. The van der Waals surface area contributed by atoms with Crippen molar-refractivity contribution in [1.82, 2.24) is 10.6 Å². The van der Waals surface area contributed by atoms with Gasteiger partial charge in [0.25, 0.3) is 0 Å². The fourth-order valence-electron chi connectivity index (χ4n) is 2.53. The fraction of sp³-hybridized carbons (Fsp3) is 0.286. The number of carbonyl (C=O) groups is 3. The standard InChI is InChI=1S/C21H24N2O5/c1-21(2,3)28-20(27)23-16(14-10-6-4-7-11-14)18(24)22-17(19(25)26)15-12-8-5-9-13-15/h4-13,16-17H,1-3H3,(H,22,24)(H,23,27)(H,25,26). The van der Waals surface area contributed by atoms with Crippen LogP contribution in [0.15, 0.2) is 60.7 Å². The maximum atomic E-state index is 12.9. The van der Waals surface area contributed by atoms with Crippen LogP contribution in [0, 0.1) is 0 Å². The number of hydrogen-bond acceptors (Lipinski definition) is 4. The zero-order chi connectivity index (χ0) is 20.7. The lowest BCUT2D eigenvalue weighted by molar-refractivity contribution is -0.142. The highest BCUT2D eigenvalue weighted by Gasteiger charge is 2.30. The van der Waals surface area contributed by atoms with Crippen molar-refractivity contribution in [2.24, 2.45) is 0 Å². The maximum Gasteiger partial charge on any atom is 0.408 e. The van der Waals surface area contributed by atoms with Gasteiger partial charge in [0.1, 0.15) is 11.6 Å². The molecule has 0 fully saturated rings. The maximum absolute atomic E-state index is 12.9. The van der Waals surface area contributed by atoms with Crippen LogP contribution in [0.25, 0.3) is 0 Å². The summed E-state index contributed by atoms with van der Waals surface area (Å²) in [4.78, 5) is 36.8. The van der Waals surface area contributed by atoms with Crippen molar-refractivity contribution in [2.45, 2.75) is 38.5 Å². The first-order chi connectivity index (χ1) is 13.2. The van der Waals surface area contributed by atoms with Crippen LogP contribution in [-0.4, -0.2) is 28.7 Å². The summed E-state index contributed by atoms with van der Waals surface area (Å²) < 4.78 is 5.23. The first-order valence-corrected chi connectivity index (χ1v) is 8.80. The summed E-state index contributed by atoms with van der Waals surface area (Å²) in [5, 5.41) is 14.5. The van der Waals surface area contributed by atoms with E-state index < -0.39 is 35.7 Å². The number of carboxylic acids is 1. The van der Waals surface area contributed by atoms with Gasteiger partial charge in [0.15, 0.2) is 6.04 Å². The second-order valence-electron chi connectivity index (χ2n) is 7.18. The Morgan fingerprint density at radius 1 is 0.821 bits per heavy atom. The second-order valence-corrected chi connectivity index (χ2v) is 7.18. The number of ether oxygens (including phenoxy) is 1. The Morgan fingerprint density at radius 3 is 1.71 bits per heavy atom. The Bertz CT molecular complexity index is 816. The zero-order valence-corrected chi connectivity index (χ0v) is 16.0. The van der Waals surface area contributed by atoms with Crippen molar-refractivity contribution in [2.75, 3.05) is 0 Å². The lowest BCUT2D eigenvalue weighted by atomic mass is 10.0. The van der Waals surface area contributed by atoms with Crippen molar-refractivity contribution in [3.63, 3.8) is 0 Å². The van der Waals surface area contributed by atoms with Gasteiger partial charge in [-0.05, 0) is 31.9 Å². The van der Waals surface area contributed by atoms with E-state index in [0.29, 0.717) is 11.1 Å². The van der Waals surface area contributed by atoms with Gasteiger partial charge in [-0.3, -0.25) is 4.79 Å². The normalized spacial score (nSPS) is 13.1. The van der Waals surface area contributed by atoms with E-state index in [0.717, 1.165) is 0 Å². The van der Waals surface area contributed by atoms with Gasteiger partial charge < -0.3 is 20.5 Å². The molecule has 0 heterocycles. The predicted molar refractivity (Wildman–Crippen MR) is 104 cm³/mol. The third-order valence-electron chi connectivity index (χ3n) is 3.72. The highest BCUT2D eigenvalue weighted by Crippen LogP contribution is 2.18. The summed E-state index contributed by atoms with van der Waals surface area (Å²) in [7, 11) is 0. The molecule has 0 aliphatic heterocycles. The molecule has 2 unspecified atom stereocenters. The van der Waals surface area contributed by atoms with Crippen LogP contribution < -0.4 is 10.6 Å². The lowest BCUT2D eigenvalue weighted by Gasteiger charge is -2.24. The number of benzene rings is 2. The molecule has 2 rings (SSSR count). The number of amides is 2. The number of carbonyl (C=O) groups excluding carboxylic acids is 2. The Balaban J connectivity index is 2.25. The van der Waals surface area contributed by atoms with Gasteiger partial charge in [-0.2, -0.15) is 0 Å². The average Bonchev–Trinajstić information content (AvgIpc) is 2.63. The molecule has 2 amide bonds. The third-order valence-corrected chi connectivity index (χ3v) is 3.72. The Morgan fingerprint density at radius 2 is 1.29 bits per heavy atom. The van der Waals surface area contributed by atoms with E-state index in [1.54, 1.807) is 81.4 Å². The lowest BCUT2D eigenvalue weighted by Crippen LogP contribution is -2.44. The fourth-order valence-corrected chi connectivity index (χ4v) is 2.53. The predicted octanol–water partition coefficient (Wildman–Crippen LogP) is 3.19. The zero-order valence-electron chi connectivity index (χ0n) is 16.0. The van der Waals surface area contributed by atoms with E-state index in [1.165, 1.54) is 0 Å². The van der Waals surface area contributed by atoms with Crippen LogP contribution in [0.3, 0.4) is 0 Å². The molecular weight excluding hydrogens is 360 g/mol. The van der Waals surface area contributed by atoms with Crippen LogP contribution in [0.4, 0.5) is 4.79 Å². The number of aliphatic carboxylic acids is 1. The molecule has 2 atom stereocenters. The molecule has 2 aromatic carbocycles. The Hall–Kier alpha value is -3.35. The van der Waals surface area contributed by atoms with Gasteiger partial charge in [0.05, 0.1) is 0 Å². The van der Waals surface area contributed by atoms with E-state index >= 15 is 0 Å². The molecule has 0 aliphatic rings. The molecular formula is C21H24N2O5. The molecule has 0 saturated carbocycles. The molecule has 0 spiro atoms. The molecule has 28 heavy (non-hydrogen) atoms. The van der Waals surface area contributed by atoms with E-state index in [1.807, 2.05) is 0 Å². The number of rotatable bonds is 6. The van der Waals surface area contributed by atoms with Crippen LogP contribution >= 0.6 is 0 Å². The third kappa shape index (κ3) is 6.12. The topological polar surface area (TPSA) is 105 Å². The number of carboxylic acid groups (broad SMARTS) is 1. The summed E-state index contributed by atoms with van der Waals surface area (Å²) in [5.74, 6) is -1.86. The molecule has 7 heteroatoms. The molecule has 2 aromatic rings. The van der Waals surface area contributed by atoms with Gasteiger partial charge in [0, 0.05) is 0 Å². The number of hydrogen-bond donors (Lipinski definition) is 3. The van der Waals surface area contributed by atoms with Gasteiger partial charge in [-0.1, -0.05) is 60.7 Å². The quantitative estimate of drug-likeness (QED) is 0.709. The molecule has 0 aliphatic carbocycles. The molecule has 0 aromatic heterocycles. The number of nitrogens with one attached hydrogen (secondary N) is 2. The molecule has 7 nitrogen and oxygen atoms in total. The van der Waals surface area contributed by atoms with E-state index in [4.69, 9.17) is 4.74 Å². The van der Waals surface area contributed by atoms with Crippen molar-refractivity contribution in [3.05, 3.63) is 71.8 Å². The van der Waals surface area contributed by atoms with Gasteiger partial charge in [0.2, 0.25) is 5.91 Å². The summed E-state index contributed by atoms with van der Waals surface area (Å²) >= 11 is 0. The summed E-state index contributed by atoms with van der Waals surface area (Å²) in [6.45, 7) is 5.13. The SMILES string of the molecule is CC(C)(C)OC(=O)NC(C(=O)NC(C(=O)O)c1ccccc1)c1ccccc1. The Labute approximate surface area is 163 Å². The monoisotopic (exact) mass is 384 g/mol. The summed E-state index contributed by atoms with van der Waals surface area (Å²) in [6, 6.07) is 14.5. The highest BCUT2D eigenvalue weighted by atomic mass is 16.6. The minimum atomic E-state index is -1.25. The van der Waals surface area contributed by atoms with Crippen LogP contribution in [0.2, 0.25) is 0 Å². The Kier molecular flexibility index (Phi) is 6.76.